The van der Waals surface area contributed by atoms with Crippen molar-refractivity contribution in [2.75, 3.05) is 12.4 Å². The Labute approximate surface area is 119 Å². The van der Waals surface area contributed by atoms with E-state index in [1.807, 2.05) is 6.92 Å². The molecule has 8 nitrogen and oxygen atoms in total. The van der Waals surface area contributed by atoms with Gasteiger partial charge in [0.05, 0.1) is 16.9 Å². The molecule has 3 heterocycles. The Kier molecular flexibility index (Phi) is 3.07. The molecule has 0 aromatic carbocycles. The van der Waals surface area contributed by atoms with Crippen LogP contribution in [-0.4, -0.2) is 41.3 Å². The average Bonchev–Trinajstić information content (AvgIpc) is 3.09. The second kappa shape index (κ2) is 4.89. The van der Waals surface area contributed by atoms with E-state index in [1.54, 1.807) is 36.5 Å². The fourth-order valence-corrected chi connectivity index (χ4v) is 1.73. The van der Waals surface area contributed by atoms with Gasteiger partial charge in [0, 0.05) is 19.4 Å². The van der Waals surface area contributed by atoms with E-state index in [0.29, 0.717) is 28.6 Å². The molecule has 0 bridgehead atoms. The van der Waals surface area contributed by atoms with E-state index in [4.69, 9.17) is 11.6 Å². The molecule has 0 unspecified atom stereocenters. The van der Waals surface area contributed by atoms with Crippen LogP contribution in [0.3, 0.4) is 0 Å². The first-order valence-electron chi connectivity index (χ1n) is 5.81. The number of imidazole rings is 1. The Balaban J connectivity index is 2.13. The zero-order valence-electron chi connectivity index (χ0n) is 10.8. The molecule has 20 heavy (non-hydrogen) atoms. The van der Waals surface area contributed by atoms with E-state index in [9.17, 15) is 0 Å². The highest BCUT2D eigenvalue weighted by Gasteiger charge is 2.11. The van der Waals surface area contributed by atoms with Crippen molar-refractivity contribution in [3.63, 3.8) is 0 Å². The SMILES string of the molecule is CNc1nc(-n2ccnc2)nc(-n2cc(Cl)c(C)n2)n1. The Bertz CT molecular complexity index is 713. The number of rotatable bonds is 3. The van der Waals surface area contributed by atoms with Crippen LogP contribution in [0.25, 0.3) is 11.9 Å². The lowest BCUT2D eigenvalue weighted by molar-refractivity contribution is 0.769. The number of hydrogen-bond acceptors (Lipinski definition) is 6. The summed E-state index contributed by atoms with van der Waals surface area (Å²) in [5, 5.41) is 7.70. The van der Waals surface area contributed by atoms with Crippen molar-refractivity contribution < 1.29 is 0 Å². The lowest BCUT2D eigenvalue weighted by Gasteiger charge is -2.06. The number of halogens is 1. The molecule has 0 radical (unpaired) electrons. The van der Waals surface area contributed by atoms with Gasteiger partial charge in [-0.25, -0.2) is 9.67 Å². The third-order valence-electron chi connectivity index (χ3n) is 2.61. The van der Waals surface area contributed by atoms with Crippen LogP contribution >= 0.6 is 11.6 Å². The lowest BCUT2D eigenvalue weighted by atomic mass is 10.5. The zero-order chi connectivity index (χ0) is 14.1. The number of nitrogens with zero attached hydrogens (tertiary/aromatic N) is 7. The van der Waals surface area contributed by atoms with Crippen LogP contribution in [0.15, 0.2) is 24.9 Å². The fraction of sp³-hybridized carbons (Fsp3) is 0.182. The van der Waals surface area contributed by atoms with Crippen LogP contribution in [0.5, 0.6) is 0 Å². The summed E-state index contributed by atoms with van der Waals surface area (Å²) in [5.74, 6) is 1.26. The van der Waals surface area contributed by atoms with Crippen molar-refractivity contribution in [2.24, 2.45) is 0 Å². The maximum absolute atomic E-state index is 6.01. The number of aromatic nitrogens is 7. The van der Waals surface area contributed by atoms with Crippen molar-refractivity contribution in [1.29, 1.82) is 0 Å². The van der Waals surface area contributed by atoms with E-state index < -0.39 is 0 Å². The molecule has 0 aliphatic carbocycles. The van der Waals surface area contributed by atoms with Gasteiger partial charge in [-0.3, -0.25) is 4.57 Å². The summed E-state index contributed by atoms with van der Waals surface area (Å²) in [5.41, 5.74) is 0.710. The maximum Gasteiger partial charge on any atom is 0.257 e. The first-order valence-corrected chi connectivity index (χ1v) is 6.19. The van der Waals surface area contributed by atoms with Gasteiger partial charge in [-0.15, -0.1) is 0 Å². The highest BCUT2D eigenvalue weighted by molar-refractivity contribution is 6.31. The van der Waals surface area contributed by atoms with Crippen LogP contribution in [0, 0.1) is 6.92 Å². The van der Waals surface area contributed by atoms with Crippen LogP contribution in [-0.2, 0) is 0 Å². The van der Waals surface area contributed by atoms with E-state index in [1.165, 1.54) is 4.68 Å². The quantitative estimate of drug-likeness (QED) is 0.781. The number of hydrogen-bond donors (Lipinski definition) is 1. The normalized spacial score (nSPS) is 10.8. The summed E-state index contributed by atoms with van der Waals surface area (Å²) in [6.45, 7) is 1.82. The van der Waals surface area contributed by atoms with E-state index in [2.05, 4.69) is 30.4 Å². The largest absolute Gasteiger partial charge is 0.357 e. The third-order valence-corrected chi connectivity index (χ3v) is 2.99. The van der Waals surface area contributed by atoms with Gasteiger partial charge in [0.1, 0.15) is 6.33 Å². The zero-order valence-corrected chi connectivity index (χ0v) is 11.6. The molecule has 9 heteroatoms. The molecule has 3 aromatic heterocycles. The first-order chi connectivity index (χ1) is 9.67. The summed E-state index contributed by atoms with van der Waals surface area (Å²) >= 11 is 6.01. The first kappa shape index (κ1) is 12.5. The minimum Gasteiger partial charge on any atom is -0.357 e. The maximum atomic E-state index is 6.01. The van der Waals surface area contributed by atoms with Crippen LogP contribution in [0.4, 0.5) is 5.95 Å². The summed E-state index contributed by atoms with van der Waals surface area (Å²) < 4.78 is 3.20. The Morgan fingerprint density at radius 3 is 2.60 bits per heavy atom. The highest BCUT2D eigenvalue weighted by atomic mass is 35.5. The van der Waals surface area contributed by atoms with Gasteiger partial charge in [-0.1, -0.05) is 11.6 Å². The molecule has 0 atom stereocenters. The van der Waals surface area contributed by atoms with Crippen molar-refractivity contribution in [3.05, 3.63) is 35.6 Å². The van der Waals surface area contributed by atoms with E-state index >= 15 is 0 Å². The predicted octanol–water partition coefficient (Wildman–Crippen LogP) is 1.25. The van der Waals surface area contributed by atoms with E-state index in [-0.39, 0.29) is 0 Å². The van der Waals surface area contributed by atoms with Gasteiger partial charge in [0.2, 0.25) is 11.9 Å². The summed E-state index contributed by atoms with van der Waals surface area (Å²) in [6, 6.07) is 0. The molecule has 1 N–H and O–H groups in total. The van der Waals surface area contributed by atoms with Gasteiger partial charge in [0.15, 0.2) is 0 Å². The van der Waals surface area contributed by atoms with Crippen LogP contribution in [0.1, 0.15) is 5.69 Å². The Morgan fingerprint density at radius 2 is 2.00 bits per heavy atom. The molecule has 0 saturated carbocycles. The van der Waals surface area contributed by atoms with Crippen molar-refractivity contribution in [3.8, 4) is 11.9 Å². The molecule has 0 aliphatic heterocycles. The minimum atomic E-state index is 0.378. The summed E-state index contributed by atoms with van der Waals surface area (Å²) in [6.07, 6.45) is 6.67. The molecule has 3 aromatic rings. The third kappa shape index (κ3) is 2.21. The monoisotopic (exact) mass is 290 g/mol. The summed E-state index contributed by atoms with van der Waals surface area (Å²) in [4.78, 5) is 16.9. The Morgan fingerprint density at radius 1 is 1.20 bits per heavy atom. The topological polar surface area (TPSA) is 86.3 Å². The van der Waals surface area contributed by atoms with Crippen LogP contribution in [0.2, 0.25) is 5.02 Å². The van der Waals surface area contributed by atoms with Gasteiger partial charge in [-0.2, -0.15) is 20.1 Å². The average molecular weight is 291 g/mol. The van der Waals surface area contributed by atoms with Gasteiger partial charge in [-0.05, 0) is 6.92 Å². The van der Waals surface area contributed by atoms with Gasteiger partial charge >= 0.3 is 0 Å². The van der Waals surface area contributed by atoms with Gasteiger partial charge < -0.3 is 5.32 Å². The fourth-order valence-electron chi connectivity index (χ4n) is 1.60. The molecule has 102 valence electrons. The molecule has 3 rings (SSSR count). The standard InChI is InChI=1S/C11H11ClN8/c1-7-8(12)5-20(18-7)11-16-9(13-2)15-10(17-11)19-4-3-14-6-19/h3-6H,1-2H3,(H,13,15,16,17). The minimum absolute atomic E-state index is 0.378. The number of aryl methyl sites for hydroxylation is 1. The highest BCUT2D eigenvalue weighted by Crippen LogP contribution is 2.15. The molecule has 0 aliphatic rings. The second-order valence-corrected chi connectivity index (χ2v) is 4.39. The number of anilines is 1. The molecule has 0 amide bonds. The van der Waals surface area contributed by atoms with Crippen molar-refractivity contribution in [2.45, 2.75) is 6.92 Å². The molecule has 0 fully saturated rings. The molecular formula is C11H11ClN8. The second-order valence-electron chi connectivity index (χ2n) is 3.99. The van der Waals surface area contributed by atoms with Gasteiger partial charge in [0.25, 0.3) is 5.95 Å². The molecule has 0 saturated heterocycles. The van der Waals surface area contributed by atoms with Crippen LogP contribution < -0.4 is 5.32 Å². The van der Waals surface area contributed by atoms with Crippen molar-refractivity contribution in [1.82, 2.24) is 34.3 Å². The Hall–Kier alpha value is -2.48. The summed E-state index contributed by atoms with van der Waals surface area (Å²) in [7, 11) is 1.73. The molecular weight excluding hydrogens is 280 g/mol. The van der Waals surface area contributed by atoms with E-state index in [0.717, 1.165) is 0 Å². The smallest absolute Gasteiger partial charge is 0.257 e. The van der Waals surface area contributed by atoms with Crippen molar-refractivity contribution >= 4 is 17.5 Å². The predicted molar refractivity (Wildman–Crippen MR) is 73.4 cm³/mol. The number of nitrogens with one attached hydrogen (secondary N) is 1. The lowest BCUT2D eigenvalue weighted by Crippen LogP contribution is -2.11. The molecule has 0 spiro atoms.